The molecule has 0 aliphatic rings. The topological polar surface area (TPSA) is 18.5 Å². The summed E-state index contributed by atoms with van der Waals surface area (Å²) in [6.07, 6.45) is 0. The number of rotatable bonds is 11. The van der Waals surface area contributed by atoms with Gasteiger partial charge in [0, 0.05) is 80.7 Å². The van der Waals surface area contributed by atoms with Gasteiger partial charge in [-0.25, -0.2) is 0 Å². The van der Waals surface area contributed by atoms with E-state index in [4.69, 9.17) is 9.47 Å². The minimum absolute atomic E-state index is 0.821. The number of methoxy groups -OCH3 is 2. The van der Waals surface area contributed by atoms with E-state index in [1.165, 1.54) is 136 Å². The Labute approximate surface area is 515 Å². The van der Waals surface area contributed by atoms with Crippen LogP contribution in [0.15, 0.2) is 255 Å². The van der Waals surface area contributed by atoms with Crippen LogP contribution in [0.5, 0.6) is 11.5 Å². The monoisotopic (exact) mass is 1170 g/mol. The molecule has 16 rings (SSSR count). The third kappa shape index (κ3) is 9.11. The van der Waals surface area contributed by atoms with E-state index in [1.807, 2.05) is 45.3 Å². The van der Waals surface area contributed by atoms with E-state index >= 15 is 0 Å². The molecule has 0 amide bonds. The molecule has 0 saturated carbocycles. The van der Waals surface area contributed by atoms with Gasteiger partial charge < -0.3 is 9.47 Å². The summed E-state index contributed by atoms with van der Waals surface area (Å²) >= 11 is 7.46. The molecule has 0 saturated heterocycles. The Kier molecular flexibility index (Phi) is 12.9. The van der Waals surface area contributed by atoms with Crippen molar-refractivity contribution in [2.75, 3.05) is 14.2 Å². The molecule has 0 radical (unpaired) electrons. The summed E-state index contributed by atoms with van der Waals surface area (Å²) in [7, 11) is 3.45. The lowest BCUT2D eigenvalue weighted by Crippen LogP contribution is -1.98. The number of hydrogen-bond donors (Lipinski definition) is 0. The summed E-state index contributed by atoms with van der Waals surface area (Å²) in [6.45, 7) is 4.34. The van der Waals surface area contributed by atoms with E-state index in [9.17, 15) is 0 Å². The number of benzene rings is 12. The minimum Gasteiger partial charge on any atom is -0.497 e. The van der Waals surface area contributed by atoms with Gasteiger partial charge >= 0.3 is 0 Å². The van der Waals surface area contributed by atoms with Gasteiger partial charge in [0.2, 0.25) is 0 Å². The van der Waals surface area contributed by atoms with Crippen molar-refractivity contribution in [2.24, 2.45) is 0 Å². The third-order valence-corrected chi connectivity index (χ3v) is 21.7. The van der Waals surface area contributed by atoms with Crippen molar-refractivity contribution < 1.29 is 9.47 Å². The van der Waals surface area contributed by atoms with E-state index in [1.54, 1.807) is 14.2 Å². The van der Waals surface area contributed by atoms with Gasteiger partial charge in [-0.3, -0.25) is 0 Å². The normalized spacial score (nSPS) is 12.6. The highest BCUT2D eigenvalue weighted by atomic mass is 32.1. The first-order valence-electron chi connectivity index (χ1n) is 29.0. The van der Waals surface area contributed by atoms with Crippen LogP contribution in [0.3, 0.4) is 0 Å². The van der Waals surface area contributed by atoms with Gasteiger partial charge in [-0.15, -0.1) is 45.3 Å². The summed E-state index contributed by atoms with van der Waals surface area (Å²) < 4.78 is 21.7. The maximum atomic E-state index is 5.71. The van der Waals surface area contributed by atoms with Crippen LogP contribution in [0.2, 0.25) is 0 Å². The molecule has 410 valence electrons. The van der Waals surface area contributed by atoms with E-state index in [0.717, 1.165) is 44.9 Å². The van der Waals surface area contributed by atoms with Crippen LogP contribution in [0, 0.1) is 13.8 Å². The van der Waals surface area contributed by atoms with Gasteiger partial charge in [-0.1, -0.05) is 169 Å². The van der Waals surface area contributed by atoms with Crippen molar-refractivity contribution in [3.05, 3.63) is 310 Å². The lowest BCUT2D eigenvalue weighted by molar-refractivity contribution is 0.414. The first kappa shape index (κ1) is 52.2. The van der Waals surface area contributed by atoms with E-state index < -0.39 is 0 Å². The van der Waals surface area contributed by atoms with E-state index in [-0.39, 0.29) is 0 Å². The smallest absolute Gasteiger partial charge is 0.118 e. The van der Waals surface area contributed by atoms with Crippen LogP contribution in [0.25, 0.3) is 114 Å². The molecule has 0 spiro atoms. The average Bonchev–Trinajstić information content (AvgIpc) is 3.23. The van der Waals surface area contributed by atoms with Gasteiger partial charge in [0.25, 0.3) is 0 Å². The quantitative estimate of drug-likeness (QED) is 0.120. The predicted octanol–water partition coefficient (Wildman–Crippen LogP) is 23.5. The molecule has 0 atom stereocenters. The summed E-state index contributed by atoms with van der Waals surface area (Å²) in [5.41, 5.74) is 19.0. The SMILES string of the molecule is COc1ccc(/C(=C(/c2ccc(OC)cc2)c2ccc3sc4cc(-c5ccc6c(c5)sc5ccc(/C(=C(\c7ccc(C)cc7)c7ccc8sc9ccccc9c8c7)c7ccc(C)cc7)cc56)ccc4c3c2)c2ccc3sc4ccccc4c3c2)cc1. The Balaban J connectivity index is 0.814. The maximum absolute atomic E-state index is 5.71. The summed E-state index contributed by atoms with van der Waals surface area (Å²) in [6, 6.07) is 95.2. The highest BCUT2D eigenvalue weighted by Gasteiger charge is 2.23. The Morgan fingerprint density at radius 2 is 0.500 bits per heavy atom. The van der Waals surface area contributed by atoms with Gasteiger partial charge in [0.05, 0.1) is 14.2 Å². The van der Waals surface area contributed by atoms with Gasteiger partial charge in [0.1, 0.15) is 11.5 Å². The fourth-order valence-corrected chi connectivity index (χ4v) is 17.2. The fraction of sp³-hybridized carbons (Fsp3) is 0.0500. The number of thiophene rings is 4. The minimum atomic E-state index is 0.821. The van der Waals surface area contributed by atoms with Gasteiger partial charge in [-0.2, -0.15) is 0 Å². The van der Waals surface area contributed by atoms with Crippen LogP contribution < -0.4 is 9.47 Å². The molecule has 6 heteroatoms. The van der Waals surface area contributed by atoms with Crippen molar-refractivity contribution in [1.82, 2.24) is 0 Å². The Bertz CT molecular complexity index is 5420. The molecule has 0 bridgehead atoms. The Morgan fingerprint density at radius 1 is 0.233 bits per heavy atom. The zero-order valence-corrected chi connectivity index (χ0v) is 51.0. The van der Waals surface area contributed by atoms with Crippen molar-refractivity contribution in [1.29, 1.82) is 0 Å². The molecule has 2 nitrogen and oxygen atoms in total. The first-order valence-corrected chi connectivity index (χ1v) is 32.2. The largest absolute Gasteiger partial charge is 0.497 e. The highest BCUT2D eigenvalue weighted by Crippen LogP contribution is 2.47. The highest BCUT2D eigenvalue weighted by molar-refractivity contribution is 7.27. The molecule has 4 aromatic heterocycles. The van der Waals surface area contributed by atoms with Crippen molar-refractivity contribution in [3.8, 4) is 22.6 Å². The zero-order chi connectivity index (χ0) is 57.6. The molecule has 0 N–H and O–H groups in total. The molecule has 0 aliphatic carbocycles. The van der Waals surface area contributed by atoms with Crippen LogP contribution in [0.1, 0.15) is 55.6 Å². The second-order valence-corrected chi connectivity index (χ2v) is 26.7. The second kappa shape index (κ2) is 21.3. The lowest BCUT2D eigenvalue weighted by atomic mass is 9.84. The zero-order valence-electron chi connectivity index (χ0n) is 47.7. The first-order chi connectivity index (χ1) is 42.3. The van der Waals surface area contributed by atoms with Crippen LogP contribution in [-0.2, 0) is 0 Å². The van der Waals surface area contributed by atoms with E-state index in [0.29, 0.717) is 0 Å². The molecule has 12 aromatic carbocycles. The summed E-state index contributed by atoms with van der Waals surface area (Å²) in [5.74, 6) is 1.64. The molecule has 16 aromatic rings. The number of hydrogen-bond acceptors (Lipinski definition) is 6. The summed E-state index contributed by atoms with van der Waals surface area (Å²) in [4.78, 5) is 0. The van der Waals surface area contributed by atoms with Crippen molar-refractivity contribution >= 4 is 148 Å². The fourth-order valence-electron chi connectivity index (χ4n) is 12.8. The molecule has 0 fully saturated rings. The van der Waals surface area contributed by atoms with E-state index in [2.05, 4.69) is 269 Å². The molecule has 0 unspecified atom stereocenters. The van der Waals surface area contributed by atoms with Crippen LogP contribution in [0.4, 0.5) is 0 Å². The molecular formula is C80H54O2S4. The molecule has 4 heterocycles. The molecule has 0 aliphatic heterocycles. The number of ether oxygens (including phenoxy) is 2. The average molecular weight is 1180 g/mol. The number of aryl methyl sites for hydroxylation is 2. The molecular weight excluding hydrogens is 1120 g/mol. The van der Waals surface area contributed by atoms with Crippen molar-refractivity contribution in [2.45, 2.75) is 13.8 Å². The standard InChI is InChI=1S/C80H54O2S4/c1-47-13-17-49(18-14-47)77(55-27-37-71-65(41-55)61-9-5-7-11-69(61)83-71)78(50-19-15-48(2)16-20-50)57-29-39-73-67(43-57)63-35-25-53(45-75(63)85-73)54-26-36-64-68-44-58(30-40-74(68)86-76(64)46-54)80(52-23-33-60(82-4)34-24-52)79(51-21-31-59(81-3)32-22-51)56-28-38-72-66(42-56)62-10-6-8-12-70(62)84-72/h5-46H,1-4H3/b78-77+,80-79+. The van der Waals surface area contributed by atoms with Crippen LogP contribution >= 0.6 is 45.3 Å². The Morgan fingerprint density at radius 3 is 0.826 bits per heavy atom. The Hall–Kier alpha value is -9.40. The third-order valence-electron chi connectivity index (χ3n) is 17.1. The summed E-state index contributed by atoms with van der Waals surface area (Å²) in [5, 5.41) is 10.2. The maximum Gasteiger partial charge on any atom is 0.118 e. The van der Waals surface area contributed by atoms with Gasteiger partial charge in [0.15, 0.2) is 0 Å². The lowest BCUT2D eigenvalue weighted by Gasteiger charge is -2.19. The molecule has 86 heavy (non-hydrogen) atoms. The second-order valence-electron chi connectivity index (χ2n) is 22.4. The number of fused-ring (bicyclic) bond motifs is 12. The van der Waals surface area contributed by atoms with Gasteiger partial charge in [-0.05, 0) is 189 Å². The predicted molar refractivity (Wildman–Crippen MR) is 375 cm³/mol. The van der Waals surface area contributed by atoms with Crippen LogP contribution in [-0.4, -0.2) is 14.2 Å². The van der Waals surface area contributed by atoms with Crippen molar-refractivity contribution in [3.63, 3.8) is 0 Å².